The number of nitrogens with zero attached hydrogens (tertiary/aromatic N) is 1. The Morgan fingerprint density at radius 3 is 2.28 bits per heavy atom. The minimum absolute atomic E-state index is 0.0882. The van der Waals surface area contributed by atoms with E-state index in [1.54, 1.807) is 24.3 Å². The Hall–Kier alpha value is -3.22. The van der Waals surface area contributed by atoms with Crippen LogP contribution in [0.15, 0.2) is 48.5 Å². The Kier molecular flexibility index (Phi) is 5.84. The first kappa shape index (κ1) is 18.1. The first-order chi connectivity index (χ1) is 11.8. The first-order valence-electron chi connectivity index (χ1n) is 7.53. The molecular formula is C18H18FN3O3. The molecule has 0 aliphatic heterocycles. The molecule has 0 spiro atoms. The minimum atomic E-state index is -0.451. The Balaban J connectivity index is 2.04. The predicted octanol–water partition coefficient (Wildman–Crippen LogP) is 2.49. The minimum Gasteiger partial charge on any atom is -0.337 e. The Morgan fingerprint density at radius 2 is 1.64 bits per heavy atom. The number of carbonyl (C=O) groups excluding carboxylic acids is 3. The summed E-state index contributed by atoms with van der Waals surface area (Å²) >= 11 is 0. The fourth-order valence-electron chi connectivity index (χ4n) is 2.03. The molecule has 0 bridgehead atoms. The molecule has 0 aliphatic rings. The molecule has 25 heavy (non-hydrogen) atoms. The maximum atomic E-state index is 13.2. The zero-order valence-corrected chi connectivity index (χ0v) is 13.9. The molecule has 7 heteroatoms. The van der Waals surface area contributed by atoms with E-state index in [4.69, 9.17) is 0 Å². The number of hydrogen-bond acceptors (Lipinski definition) is 3. The van der Waals surface area contributed by atoms with Crippen LogP contribution in [0.4, 0.5) is 15.8 Å². The molecule has 0 fully saturated rings. The van der Waals surface area contributed by atoms with Gasteiger partial charge in [-0.25, -0.2) is 4.39 Å². The summed E-state index contributed by atoms with van der Waals surface area (Å²) in [6.45, 7) is 1.28. The molecule has 0 atom stereocenters. The van der Waals surface area contributed by atoms with E-state index in [1.807, 2.05) is 0 Å². The average Bonchev–Trinajstić information content (AvgIpc) is 2.54. The van der Waals surface area contributed by atoms with Crippen LogP contribution in [0.3, 0.4) is 0 Å². The van der Waals surface area contributed by atoms with Gasteiger partial charge in [0.2, 0.25) is 11.8 Å². The third-order valence-electron chi connectivity index (χ3n) is 3.41. The summed E-state index contributed by atoms with van der Waals surface area (Å²) in [6.07, 6.45) is 0. The number of amides is 3. The topological polar surface area (TPSA) is 78.5 Å². The van der Waals surface area contributed by atoms with Crippen LogP contribution in [0.2, 0.25) is 0 Å². The number of benzene rings is 2. The number of carbonyl (C=O) groups is 3. The zero-order chi connectivity index (χ0) is 18.4. The quantitative estimate of drug-likeness (QED) is 0.875. The van der Waals surface area contributed by atoms with Crippen LogP contribution in [-0.4, -0.2) is 36.2 Å². The number of halogens is 1. The Morgan fingerprint density at radius 1 is 1.00 bits per heavy atom. The molecule has 130 valence electrons. The summed E-state index contributed by atoms with van der Waals surface area (Å²) in [5.74, 6) is -1.48. The standard InChI is InChI=1S/C18H18FN3O3/c1-12(23)22(2)11-17(24)20-15-7-3-5-13(9-15)18(25)21-16-8-4-6-14(19)10-16/h3-10H,11H2,1-2H3,(H,20,24)(H,21,25). The van der Waals surface area contributed by atoms with Crippen molar-refractivity contribution in [2.45, 2.75) is 6.92 Å². The van der Waals surface area contributed by atoms with Gasteiger partial charge in [-0.3, -0.25) is 14.4 Å². The molecule has 3 amide bonds. The van der Waals surface area contributed by atoms with Crippen molar-refractivity contribution < 1.29 is 18.8 Å². The third-order valence-corrected chi connectivity index (χ3v) is 3.41. The Bertz CT molecular complexity index is 808. The maximum absolute atomic E-state index is 13.2. The third kappa shape index (κ3) is 5.42. The van der Waals surface area contributed by atoms with Gasteiger partial charge in [0.25, 0.3) is 5.91 Å². The van der Waals surface area contributed by atoms with Crippen molar-refractivity contribution in [1.29, 1.82) is 0 Å². The molecule has 2 N–H and O–H groups in total. The highest BCUT2D eigenvalue weighted by atomic mass is 19.1. The largest absolute Gasteiger partial charge is 0.337 e. The lowest BCUT2D eigenvalue weighted by Gasteiger charge is -2.14. The van der Waals surface area contributed by atoms with E-state index in [2.05, 4.69) is 10.6 Å². The second kappa shape index (κ2) is 8.05. The smallest absolute Gasteiger partial charge is 0.255 e. The highest BCUT2D eigenvalue weighted by molar-refractivity contribution is 6.05. The summed E-state index contributed by atoms with van der Waals surface area (Å²) in [6, 6.07) is 11.9. The average molecular weight is 343 g/mol. The van der Waals surface area contributed by atoms with Crippen LogP contribution < -0.4 is 10.6 Å². The first-order valence-corrected chi connectivity index (χ1v) is 7.53. The van der Waals surface area contributed by atoms with Gasteiger partial charge in [-0.05, 0) is 36.4 Å². The number of hydrogen-bond donors (Lipinski definition) is 2. The number of rotatable bonds is 5. The zero-order valence-electron chi connectivity index (χ0n) is 13.9. The van der Waals surface area contributed by atoms with Crippen molar-refractivity contribution in [3.63, 3.8) is 0 Å². The molecular weight excluding hydrogens is 325 g/mol. The fraction of sp³-hybridized carbons (Fsp3) is 0.167. The van der Waals surface area contributed by atoms with E-state index in [0.29, 0.717) is 16.9 Å². The van der Waals surface area contributed by atoms with Crippen molar-refractivity contribution in [3.05, 3.63) is 59.9 Å². The lowest BCUT2D eigenvalue weighted by atomic mass is 10.1. The lowest BCUT2D eigenvalue weighted by molar-refractivity contribution is -0.131. The van der Waals surface area contributed by atoms with Gasteiger partial charge >= 0.3 is 0 Å². The highest BCUT2D eigenvalue weighted by Gasteiger charge is 2.11. The van der Waals surface area contributed by atoms with Crippen molar-refractivity contribution in [1.82, 2.24) is 4.90 Å². The number of likely N-dealkylation sites (N-methyl/N-ethyl adjacent to an activating group) is 1. The fourth-order valence-corrected chi connectivity index (χ4v) is 2.03. The van der Waals surface area contributed by atoms with Gasteiger partial charge in [0.15, 0.2) is 0 Å². The van der Waals surface area contributed by atoms with Gasteiger partial charge in [-0.15, -0.1) is 0 Å². The summed E-state index contributed by atoms with van der Waals surface area (Å²) in [5.41, 5.74) is 1.07. The molecule has 0 saturated heterocycles. The van der Waals surface area contributed by atoms with Gasteiger partial charge in [-0.2, -0.15) is 0 Å². The second-order valence-corrected chi connectivity index (χ2v) is 5.47. The van der Waals surface area contributed by atoms with Crippen LogP contribution in [-0.2, 0) is 9.59 Å². The van der Waals surface area contributed by atoms with Crippen LogP contribution in [0.5, 0.6) is 0 Å². The van der Waals surface area contributed by atoms with Crippen LogP contribution in [0.1, 0.15) is 17.3 Å². The molecule has 0 aromatic heterocycles. The van der Waals surface area contributed by atoms with E-state index in [9.17, 15) is 18.8 Å². The SMILES string of the molecule is CC(=O)N(C)CC(=O)Nc1cccc(C(=O)Nc2cccc(F)c2)c1. The molecule has 2 rings (SSSR count). The maximum Gasteiger partial charge on any atom is 0.255 e. The highest BCUT2D eigenvalue weighted by Crippen LogP contribution is 2.14. The second-order valence-electron chi connectivity index (χ2n) is 5.47. The molecule has 0 heterocycles. The van der Waals surface area contributed by atoms with Gasteiger partial charge in [-0.1, -0.05) is 12.1 Å². The van der Waals surface area contributed by atoms with Crippen molar-refractivity contribution in [2.24, 2.45) is 0 Å². The molecule has 2 aromatic rings. The molecule has 0 radical (unpaired) electrons. The summed E-state index contributed by atoms with van der Waals surface area (Å²) in [5, 5.41) is 5.21. The monoisotopic (exact) mass is 343 g/mol. The van der Waals surface area contributed by atoms with E-state index in [0.717, 1.165) is 0 Å². The summed E-state index contributed by atoms with van der Waals surface area (Å²) < 4.78 is 13.2. The molecule has 2 aromatic carbocycles. The van der Waals surface area contributed by atoms with Gasteiger partial charge in [0, 0.05) is 30.9 Å². The molecule has 0 unspecified atom stereocenters. The molecule has 0 aliphatic carbocycles. The van der Waals surface area contributed by atoms with Gasteiger partial charge in [0.05, 0.1) is 6.54 Å². The normalized spacial score (nSPS) is 10.0. The molecule has 0 saturated carbocycles. The summed E-state index contributed by atoms with van der Waals surface area (Å²) in [4.78, 5) is 36.5. The van der Waals surface area contributed by atoms with E-state index < -0.39 is 11.7 Å². The van der Waals surface area contributed by atoms with Crippen LogP contribution >= 0.6 is 0 Å². The summed E-state index contributed by atoms with van der Waals surface area (Å²) in [7, 11) is 1.52. The van der Waals surface area contributed by atoms with E-state index in [1.165, 1.54) is 43.1 Å². The number of anilines is 2. The van der Waals surface area contributed by atoms with Gasteiger partial charge < -0.3 is 15.5 Å². The predicted molar refractivity (Wildman–Crippen MR) is 92.7 cm³/mol. The van der Waals surface area contributed by atoms with Gasteiger partial charge in [0.1, 0.15) is 5.82 Å². The van der Waals surface area contributed by atoms with Crippen molar-refractivity contribution in [3.8, 4) is 0 Å². The Labute approximate surface area is 144 Å². The van der Waals surface area contributed by atoms with Crippen LogP contribution in [0, 0.1) is 5.82 Å². The van der Waals surface area contributed by atoms with E-state index >= 15 is 0 Å². The van der Waals surface area contributed by atoms with E-state index in [-0.39, 0.29) is 18.4 Å². The van der Waals surface area contributed by atoms with Crippen molar-refractivity contribution >= 4 is 29.1 Å². The lowest BCUT2D eigenvalue weighted by Crippen LogP contribution is -2.33. The number of nitrogens with one attached hydrogen (secondary N) is 2. The van der Waals surface area contributed by atoms with Crippen LogP contribution in [0.25, 0.3) is 0 Å². The molecule has 6 nitrogen and oxygen atoms in total. The van der Waals surface area contributed by atoms with Crippen molar-refractivity contribution in [2.75, 3.05) is 24.2 Å².